The number of hydrogen-bond acceptors (Lipinski definition) is 2. The molecule has 0 radical (unpaired) electrons. The van der Waals surface area contributed by atoms with Crippen molar-refractivity contribution in [2.75, 3.05) is 5.32 Å². The van der Waals surface area contributed by atoms with Gasteiger partial charge < -0.3 is 10.4 Å². The van der Waals surface area contributed by atoms with E-state index in [0.29, 0.717) is 10.7 Å². The van der Waals surface area contributed by atoms with Crippen LogP contribution in [0, 0.1) is 20.8 Å². The number of anilines is 1. The summed E-state index contributed by atoms with van der Waals surface area (Å²) in [6.07, 6.45) is 0. The number of rotatable bonds is 4. The predicted molar refractivity (Wildman–Crippen MR) is 86.1 cm³/mol. The highest BCUT2D eigenvalue weighted by molar-refractivity contribution is 6.33. The molecule has 0 aliphatic heterocycles. The summed E-state index contributed by atoms with van der Waals surface area (Å²) < 4.78 is 0. The number of aliphatic carboxylic acids is 1. The minimum Gasteiger partial charge on any atom is -0.479 e. The van der Waals surface area contributed by atoms with Gasteiger partial charge in [0.25, 0.3) is 0 Å². The fraction of sp³-hybridized carbons (Fsp3) is 0.235. The van der Waals surface area contributed by atoms with Gasteiger partial charge in [-0.1, -0.05) is 41.4 Å². The molecule has 0 fully saturated rings. The second-order valence-corrected chi connectivity index (χ2v) is 5.62. The van der Waals surface area contributed by atoms with E-state index in [1.807, 2.05) is 45.0 Å². The second kappa shape index (κ2) is 6.19. The molecule has 2 N–H and O–H groups in total. The van der Waals surface area contributed by atoms with E-state index in [0.717, 1.165) is 22.3 Å². The van der Waals surface area contributed by atoms with Crippen molar-refractivity contribution in [2.24, 2.45) is 0 Å². The average molecular weight is 304 g/mol. The molecule has 0 aliphatic carbocycles. The van der Waals surface area contributed by atoms with Crippen LogP contribution in [0.5, 0.6) is 0 Å². The number of benzene rings is 2. The molecule has 21 heavy (non-hydrogen) atoms. The lowest BCUT2D eigenvalue weighted by Gasteiger charge is -2.21. The van der Waals surface area contributed by atoms with E-state index in [-0.39, 0.29) is 0 Å². The smallest absolute Gasteiger partial charge is 0.330 e. The molecule has 4 heteroatoms. The van der Waals surface area contributed by atoms with Crippen LogP contribution in [0.2, 0.25) is 5.02 Å². The van der Waals surface area contributed by atoms with Crippen LogP contribution in [-0.4, -0.2) is 11.1 Å². The zero-order valence-electron chi connectivity index (χ0n) is 12.3. The first-order valence-corrected chi connectivity index (χ1v) is 7.09. The third-order valence-electron chi connectivity index (χ3n) is 3.45. The minimum absolute atomic E-state index is 0.506. The minimum atomic E-state index is -0.926. The van der Waals surface area contributed by atoms with Crippen LogP contribution in [0.15, 0.2) is 36.4 Å². The number of aryl methyl sites for hydroxylation is 3. The van der Waals surface area contributed by atoms with E-state index >= 15 is 0 Å². The van der Waals surface area contributed by atoms with Crippen molar-refractivity contribution in [3.63, 3.8) is 0 Å². The van der Waals surface area contributed by atoms with Gasteiger partial charge >= 0.3 is 5.97 Å². The number of carboxylic acid groups (broad SMARTS) is 1. The maximum atomic E-state index is 11.7. The summed E-state index contributed by atoms with van der Waals surface area (Å²) in [5.74, 6) is -0.926. The van der Waals surface area contributed by atoms with Gasteiger partial charge in [-0.05, 0) is 49.6 Å². The van der Waals surface area contributed by atoms with Crippen LogP contribution in [0.25, 0.3) is 0 Å². The van der Waals surface area contributed by atoms with Crippen LogP contribution in [-0.2, 0) is 4.79 Å². The molecule has 0 saturated heterocycles. The Morgan fingerprint density at radius 1 is 1.14 bits per heavy atom. The van der Waals surface area contributed by atoms with E-state index in [9.17, 15) is 9.90 Å². The summed E-state index contributed by atoms with van der Waals surface area (Å²) >= 11 is 6.11. The van der Waals surface area contributed by atoms with Gasteiger partial charge in [0.1, 0.15) is 0 Å². The number of carboxylic acids is 1. The number of halogens is 1. The fourth-order valence-electron chi connectivity index (χ4n) is 2.64. The molecule has 0 heterocycles. The Bertz CT molecular complexity index is 659. The monoisotopic (exact) mass is 303 g/mol. The first kappa shape index (κ1) is 15.4. The van der Waals surface area contributed by atoms with Crippen LogP contribution in [0.4, 0.5) is 5.69 Å². The second-order valence-electron chi connectivity index (χ2n) is 5.21. The van der Waals surface area contributed by atoms with Gasteiger partial charge in [-0.3, -0.25) is 0 Å². The quantitative estimate of drug-likeness (QED) is 0.874. The molecule has 1 unspecified atom stereocenters. The van der Waals surface area contributed by atoms with Gasteiger partial charge in [0.2, 0.25) is 0 Å². The SMILES string of the molecule is Cc1cc(C)c(C(Nc2ccccc2Cl)C(=O)O)c(C)c1. The first-order chi connectivity index (χ1) is 9.90. The lowest BCUT2D eigenvalue weighted by molar-refractivity contribution is -0.138. The van der Waals surface area contributed by atoms with Crippen molar-refractivity contribution in [1.82, 2.24) is 0 Å². The molecular formula is C17H18ClNO2. The molecule has 110 valence electrons. The third-order valence-corrected chi connectivity index (χ3v) is 3.78. The largest absolute Gasteiger partial charge is 0.479 e. The zero-order valence-corrected chi connectivity index (χ0v) is 13.0. The Morgan fingerprint density at radius 3 is 2.24 bits per heavy atom. The summed E-state index contributed by atoms with van der Waals surface area (Å²) in [7, 11) is 0. The Balaban J connectivity index is 2.46. The van der Waals surface area contributed by atoms with E-state index in [4.69, 9.17) is 11.6 Å². The van der Waals surface area contributed by atoms with Crippen molar-refractivity contribution in [3.8, 4) is 0 Å². The molecule has 0 aromatic heterocycles. The van der Waals surface area contributed by atoms with Gasteiger partial charge in [-0.25, -0.2) is 4.79 Å². The average Bonchev–Trinajstić information content (AvgIpc) is 2.38. The normalized spacial score (nSPS) is 12.0. The highest BCUT2D eigenvalue weighted by Crippen LogP contribution is 2.30. The molecule has 0 aliphatic rings. The van der Waals surface area contributed by atoms with Crippen LogP contribution in [0.3, 0.4) is 0 Å². The molecule has 0 saturated carbocycles. The Hall–Kier alpha value is -2.00. The standard InChI is InChI=1S/C17H18ClNO2/c1-10-8-11(2)15(12(3)9-10)16(17(20)21)19-14-7-5-4-6-13(14)18/h4-9,16,19H,1-3H3,(H,20,21). The zero-order chi connectivity index (χ0) is 15.6. The van der Waals surface area contributed by atoms with Gasteiger partial charge in [0.15, 0.2) is 6.04 Å². The lowest BCUT2D eigenvalue weighted by atomic mass is 9.94. The Morgan fingerprint density at radius 2 is 1.71 bits per heavy atom. The summed E-state index contributed by atoms with van der Waals surface area (Å²) in [4.78, 5) is 11.7. The van der Waals surface area contributed by atoms with Gasteiger partial charge in [0, 0.05) is 0 Å². The van der Waals surface area contributed by atoms with Crippen molar-refractivity contribution < 1.29 is 9.90 Å². The molecule has 2 rings (SSSR count). The molecule has 0 amide bonds. The summed E-state index contributed by atoms with van der Waals surface area (Å²) in [5.41, 5.74) is 4.44. The summed E-state index contributed by atoms with van der Waals surface area (Å²) in [6, 6.07) is 10.3. The number of carbonyl (C=O) groups is 1. The maximum Gasteiger partial charge on any atom is 0.330 e. The highest BCUT2D eigenvalue weighted by atomic mass is 35.5. The van der Waals surface area contributed by atoms with Crippen molar-refractivity contribution >= 4 is 23.3 Å². The highest BCUT2D eigenvalue weighted by Gasteiger charge is 2.24. The fourth-order valence-corrected chi connectivity index (χ4v) is 2.83. The summed E-state index contributed by atoms with van der Waals surface area (Å²) in [5, 5.41) is 13.1. The van der Waals surface area contributed by atoms with Gasteiger partial charge in [-0.2, -0.15) is 0 Å². The van der Waals surface area contributed by atoms with Gasteiger partial charge in [0.05, 0.1) is 10.7 Å². The van der Waals surface area contributed by atoms with E-state index in [1.165, 1.54) is 0 Å². The molecule has 3 nitrogen and oxygen atoms in total. The molecular weight excluding hydrogens is 286 g/mol. The third kappa shape index (κ3) is 3.37. The maximum absolute atomic E-state index is 11.7. The molecule has 2 aromatic rings. The lowest BCUT2D eigenvalue weighted by Crippen LogP contribution is -2.22. The van der Waals surface area contributed by atoms with Crippen LogP contribution >= 0.6 is 11.6 Å². The number of hydrogen-bond donors (Lipinski definition) is 2. The number of para-hydroxylation sites is 1. The van der Waals surface area contributed by atoms with Crippen molar-refractivity contribution in [1.29, 1.82) is 0 Å². The Kier molecular flexibility index (Phi) is 4.53. The molecule has 0 spiro atoms. The van der Waals surface area contributed by atoms with Crippen LogP contribution in [0.1, 0.15) is 28.3 Å². The molecule has 1 atom stereocenters. The van der Waals surface area contributed by atoms with Gasteiger partial charge in [-0.15, -0.1) is 0 Å². The predicted octanol–water partition coefficient (Wildman–Crippen LogP) is 4.50. The molecule has 2 aromatic carbocycles. The van der Waals surface area contributed by atoms with E-state index in [1.54, 1.807) is 12.1 Å². The summed E-state index contributed by atoms with van der Waals surface area (Å²) in [6.45, 7) is 5.86. The van der Waals surface area contributed by atoms with E-state index in [2.05, 4.69) is 5.32 Å². The Labute approximate surface area is 129 Å². The number of nitrogens with one attached hydrogen (secondary N) is 1. The first-order valence-electron chi connectivity index (χ1n) is 6.71. The molecule has 0 bridgehead atoms. The van der Waals surface area contributed by atoms with Crippen LogP contribution < -0.4 is 5.32 Å². The van der Waals surface area contributed by atoms with Crippen molar-refractivity contribution in [3.05, 3.63) is 63.7 Å². The van der Waals surface area contributed by atoms with Crippen molar-refractivity contribution in [2.45, 2.75) is 26.8 Å². The van der Waals surface area contributed by atoms with E-state index < -0.39 is 12.0 Å². The topological polar surface area (TPSA) is 49.3 Å².